The molecule has 0 unspecified atom stereocenters. The molecular weight excluding hydrogens is 244 g/mol. The van der Waals surface area contributed by atoms with Crippen LogP contribution >= 0.6 is 0 Å². The molecule has 2 heteroatoms. The van der Waals surface area contributed by atoms with Gasteiger partial charge >= 0.3 is 0 Å². The van der Waals surface area contributed by atoms with Crippen LogP contribution in [0.25, 0.3) is 0 Å². The van der Waals surface area contributed by atoms with Crippen LogP contribution < -0.4 is 11.1 Å². The van der Waals surface area contributed by atoms with E-state index in [1.807, 2.05) is 0 Å². The van der Waals surface area contributed by atoms with Gasteiger partial charge in [-0.05, 0) is 25.3 Å². The summed E-state index contributed by atoms with van der Waals surface area (Å²) in [6.45, 7) is 2.94. The minimum Gasteiger partial charge on any atom is -0.329 e. The standard InChI is InChI=1S/C18H38N2/c19-15-16-20-17-18-13-11-9-7-5-3-1-2-4-6-8-10-12-14-18/h18,20H,1-17,19H2. The van der Waals surface area contributed by atoms with Crippen LogP contribution in [0.15, 0.2) is 0 Å². The van der Waals surface area contributed by atoms with Gasteiger partial charge in [-0.1, -0.05) is 77.0 Å². The fourth-order valence-electron chi connectivity index (χ4n) is 3.39. The van der Waals surface area contributed by atoms with Crippen molar-refractivity contribution in [1.29, 1.82) is 0 Å². The Kier molecular flexibility index (Phi) is 12.5. The molecule has 0 bridgehead atoms. The fourth-order valence-corrected chi connectivity index (χ4v) is 3.39. The van der Waals surface area contributed by atoms with Crippen molar-refractivity contribution in [1.82, 2.24) is 5.32 Å². The molecule has 0 radical (unpaired) electrons. The van der Waals surface area contributed by atoms with E-state index in [0.29, 0.717) is 0 Å². The molecule has 0 aliphatic heterocycles. The number of rotatable bonds is 4. The van der Waals surface area contributed by atoms with Gasteiger partial charge in [0.1, 0.15) is 0 Å². The Morgan fingerprint density at radius 3 is 1.45 bits per heavy atom. The maximum atomic E-state index is 5.57. The van der Waals surface area contributed by atoms with E-state index in [4.69, 9.17) is 5.73 Å². The van der Waals surface area contributed by atoms with Crippen LogP contribution in [0, 0.1) is 5.92 Å². The second-order valence-electron chi connectivity index (χ2n) is 6.68. The molecule has 1 aliphatic carbocycles. The van der Waals surface area contributed by atoms with Gasteiger partial charge in [-0.15, -0.1) is 0 Å². The van der Waals surface area contributed by atoms with Crippen molar-refractivity contribution in [3.63, 3.8) is 0 Å². The van der Waals surface area contributed by atoms with E-state index in [2.05, 4.69) is 5.32 Å². The van der Waals surface area contributed by atoms with Gasteiger partial charge in [0.05, 0.1) is 0 Å². The van der Waals surface area contributed by atoms with Crippen LogP contribution in [-0.2, 0) is 0 Å². The number of nitrogens with one attached hydrogen (secondary N) is 1. The van der Waals surface area contributed by atoms with Crippen molar-refractivity contribution < 1.29 is 0 Å². The normalized spacial score (nSPS) is 22.1. The lowest BCUT2D eigenvalue weighted by Crippen LogP contribution is -2.28. The first-order valence-electron chi connectivity index (χ1n) is 9.34. The Hall–Kier alpha value is -0.0800. The zero-order valence-corrected chi connectivity index (χ0v) is 13.7. The van der Waals surface area contributed by atoms with Gasteiger partial charge in [0.2, 0.25) is 0 Å². The summed E-state index contributed by atoms with van der Waals surface area (Å²) in [5.74, 6) is 0.895. The lowest BCUT2D eigenvalue weighted by Gasteiger charge is -2.17. The van der Waals surface area contributed by atoms with Gasteiger partial charge in [0.25, 0.3) is 0 Å². The molecule has 0 aromatic heterocycles. The first kappa shape index (κ1) is 18.0. The van der Waals surface area contributed by atoms with Crippen molar-refractivity contribution >= 4 is 0 Å². The van der Waals surface area contributed by atoms with Gasteiger partial charge in [0, 0.05) is 13.1 Å². The minimum atomic E-state index is 0.771. The number of nitrogens with two attached hydrogens (primary N) is 1. The number of hydrogen-bond acceptors (Lipinski definition) is 2. The molecule has 0 atom stereocenters. The van der Waals surface area contributed by atoms with Crippen molar-refractivity contribution in [2.75, 3.05) is 19.6 Å². The third-order valence-corrected chi connectivity index (χ3v) is 4.73. The summed E-state index contributed by atoms with van der Waals surface area (Å²) in [7, 11) is 0. The monoisotopic (exact) mass is 282 g/mol. The molecule has 1 aliphatic rings. The molecule has 20 heavy (non-hydrogen) atoms. The highest BCUT2D eigenvalue weighted by Crippen LogP contribution is 2.20. The Labute approximate surface area is 127 Å². The van der Waals surface area contributed by atoms with E-state index >= 15 is 0 Å². The van der Waals surface area contributed by atoms with Crippen LogP contribution in [0.4, 0.5) is 0 Å². The zero-order chi connectivity index (χ0) is 14.3. The predicted molar refractivity (Wildman–Crippen MR) is 90.1 cm³/mol. The summed E-state index contributed by atoms with van der Waals surface area (Å²) in [5.41, 5.74) is 5.57. The summed E-state index contributed by atoms with van der Waals surface area (Å²) in [6.07, 6.45) is 20.4. The average Bonchev–Trinajstić information content (AvgIpc) is 2.47. The van der Waals surface area contributed by atoms with Gasteiger partial charge < -0.3 is 11.1 Å². The van der Waals surface area contributed by atoms with E-state index < -0.39 is 0 Å². The summed E-state index contributed by atoms with van der Waals surface area (Å²) in [6, 6.07) is 0. The molecule has 0 aromatic carbocycles. The van der Waals surface area contributed by atoms with E-state index in [1.54, 1.807) is 0 Å². The van der Waals surface area contributed by atoms with Crippen LogP contribution in [0.2, 0.25) is 0 Å². The lowest BCUT2D eigenvalue weighted by molar-refractivity contribution is 0.385. The molecule has 1 saturated carbocycles. The molecule has 1 fully saturated rings. The molecule has 2 nitrogen and oxygen atoms in total. The maximum absolute atomic E-state index is 5.57. The third kappa shape index (κ3) is 10.7. The highest BCUT2D eigenvalue weighted by atomic mass is 14.9. The molecule has 3 N–H and O–H groups in total. The topological polar surface area (TPSA) is 38.0 Å². The van der Waals surface area contributed by atoms with Crippen LogP contribution in [-0.4, -0.2) is 19.6 Å². The van der Waals surface area contributed by atoms with Gasteiger partial charge in [-0.3, -0.25) is 0 Å². The Morgan fingerprint density at radius 2 is 1.05 bits per heavy atom. The first-order chi connectivity index (χ1) is 9.93. The van der Waals surface area contributed by atoms with Gasteiger partial charge in [-0.25, -0.2) is 0 Å². The molecule has 120 valence electrons. The SMILES string of the molecule is NCCNCC1CCCCCCCCCCCCCC1. The second-order valence-corrected chi connectivity index (χ2v) is 6.68. The molecular formula is C18H38N2. The molecule has 0 amide bonds. The lowest BCUT2D eigenvalue weighted by atomic mass is 9.94. The Morgan fingerprint density at radius 1 is 0.650 bits per heavy atom. The van der Waals surface area contributed by atoms with E-state index in [-0.39, 0.29) is 0 Å². The van der Waals surface area contributed by atoms with Crippen LogP contribution in [0.1, 0.15) is 89.9 Å². The molecule has 0 saturated heterocycles. The van der Waals surface area contributed by atoms with Gasteiger partial charge in [-0.2, -0.15) is 0 Å². The predicted octanol–water partition coefficient (Wildman–Crippen LogP) is 4.63. The highest BCUT2D eigenvalue weighted by molar-refractivity contribution is 4.64. The van der Waals surface area contributed by atoms with Crippen molar-refractivity contribution in [3.8, 4) is 0 Å². The summed E-state index contributed by atoms with van der Waals surface area (Å²) in [4.78, 5) is 0. The van der Waals surface area contributed by atoms with E-state index in [0.717, 1.165) is 19.0 Å². The Bertz CT molecular complexity index is 178. The largest absolute Gasteiger partial charge is 0.329 e. The zero-order valence-electron chi connectivity index (χ0n) is 13.7. The van der Waals surface area contributed by atoms with E-state index in [1.165, 1.54) is 96.4 Å². The van der Waals surface area contributed by atoms with Crippen molar-refractivity contribution in [3.05, 3.63) is 0 Å². The second kappa shape index (κ2) is 13.9. The Balaban J connectivity index is 2.21. The number of hydrogen-bond donors (Lipinski definition) is 2. The van der Waals surface area contributed by atoms with Crippen molar-refractivity contribution in [2.45, 2.75) is 89.9 Å². The molecule has 0 spiro atoms. The summed E-state index contributed by atoms with van der Waals surface area (Å²) < 4.78 is 0. The quantitative estimate of drug-likeness (QED) is 0.738. The average molecular weight is 283 g/mol. The molecule has 0 heterocycles. The summed E-state index contributed by atoms with van der Waals surface area (Å²) >= 11 is 0. The third-order valence-electron chi connectivity index (χ3n) is 4.73. The minimum absolute atomic E-state index is 0.771. The van der Waals surface area contributed by atoms with Crippen molar-refractivity contribution in [2.24, 2.45) is 11.7 Å². The van der Waals surface area contributed by atoms with Crippen LogP contribution in [0.5, 0.6) is 0 Å². The maximum Gasteiger partial charge on any atom is 0.00746 e. The van der Waals surface area contributed by atoms with Crippen LogP contribution in [0.3, 0.4) is 0 Å². The smallest absolute Gasteiger partial charge is 0.00746 e. The molecule has 1 rings (SSSR count). The van der Waals surface area contributed by atoms with Gasteiger partial charge in [0.15, 0.2) is 0 Å². The molecule has 0 aromatic rings. The summed E-state index contributed by atoms with van der Waals surface area (Å²) in [5, 5.41) is 3.52. The fraction of sp³-hybridized carbons (Fsp3) is 1.00. The highest BCUT2D eigenvalue weighted by Gasteiger charge is 2.08. The van der Waals surface area contributed by atoms with E-state index in [9.17, 15) is 0 Å². The first-order valence-corrected chi connectivity index (χ1v) is 9.34.